The second kappa shape index (κ2) is 9.03. The molecule has 0 bridgehead atoms. The van der Waals surface area contributed by atoms with Gasteiger partial charge in [-0.3, -0.25) is 14.6 Å². The fourth-order valence-corrected chi connectivity index (χ4v) is 2.44. The zero-order valence-corrected chi connectivity index (χ0v) is 14.2. The average Bonchev–Trinajstić information content (AvgIpc) is 2.59. The third kappa shape index (κ3) is 5.06. The van der Waals surface area contributed by atoms with Crippen molar-refractivity contribution in [1.29, 1.82) is 0 Å². The molecule has 0 saturated heterocycles. The second-order valence-corrected chi connectivity index (χ2v) is 5.52. The Morgan fingerprint density at radius 3 is 2.54 bits per heavy atom. The number of esters is 1. The number of nitrogens with zero attached hydrogens (tertiary/aromatic N) is 2. The van der Waals surface area contributed by atoms with Crippen molar-refractivity contribution in [2.45, 2.75) is 19.9 Å². The molecule has 0 unspecified atom stereocenters. The molecular weight excluding hydrogens is 328 g/mol. The molecule has 0 fully saturated rings. The molecule has 1 aromatic carbocycles. The predicted molar refractivity (Wildman–Crippen MR) is 91.7 cm³/mol. The van der Waals surface area contributed by atoms with E-state index in [1.807, 2.05) is 12.1 Å². The van der Waals surface area contributed by atoms with Crippen LogP contribution in [0.5, 0.6) is 0 Å². The molecule has 0 aliphatic carbocycles. The Morgan fingerprint density at radius 2 is 1.88 bits per heavy atom. The third-order valence-corrected chi connectivity index (χ3v) is 3.74. The van der Waals surface area contributed by atoms with Crippen molar-refractivity contribution < 1.29 is 14.3 Å². The topological polar surface area (TPSA) is 59.5 Å². The quantitative estimate of drug-likeness (QED) is 0.721. The zero-order valence-electron chi connectivity index (χ0n) is 13.4. The van der Waals surface area contributed by atoms with Crippen molar-refractivity contribution in [2.24, 2.45) is 0 Å². The van der Waals surface area contributed by atoms with Gasteiger partial charge in [-0.1, -0.05) is 23.7 Å². The average molecular weight is 347 g/mol. The number of carbonyl (C=O) groups excluding carboxylic acids is 2. The van der Waals surface area contributed by atoms with E-state index in [0.29, 0.717) is 23.7 Å². The van der Waals surface area contributed by atoms with E-state index in [0.717, 1.165) is 5.56 Å². The fourth-order valence-electron chi connectivity index (χ4n) is 2.23. The first-order valence-electron chi connectivity index (χ1n) is 7.70. The summed E-state index contributed by atoms with van der Waals surface area (Å²) in [6.45, 7) is 2.69. The van der Waals surface area contributed by atoms with Gasteiger partial charge in [0, 0.05) is 25.5 Å². The lowest BCUT2D eigenvalue weighted by molar-refractivity contribution is -0.143. The van der Waals surface area contributed by atoms with Gasteiger partial charge < -0.3 is 9.64 Å². The molecule has 1 aromatic heterocycles. The van der Waals surface area contributed by atoms with Crippen molar-refractivity contribution in [3.63, 3.8) is 0 Å². The van der Waals surface area contributed by atoms with Crippen LogP contribution in [0, 0.1) is 0 Å². The Hall–Kier alpha value is -2.40. The third-order valence-electron chi connectivity index (χ3n) is 3.41. The van der Waals surface area contributed by atoms with Gasteiger partial charge >= 0.3 is 5.97 Å². The lowest BCUT2D eigenvalue weighted by Crippen LogP contribution is -2.33. The van der Waals surface area contributed by atoms with Gasteiger partial charge in [-0.2, -0.15) is 0 Å². The molecule has 0 aliphatic heterocycles. The molecular formula is C18H19ClN2O3. The maximum Gasteiger partial charge on any atom is 0.307 e. The van der Waals surface area contributed by atoms with Crippen LogP contribution in [0.1, 0.15) is 29.3 Å². The molecule has 126 valence electrons. The van der Waals surface area contributed by atoms with Crippen molar-refractivity contribution in [1.82, 2.24) is 9.88 Å². The Morgan fingerprint density at radius 1 is 1.17 bits per heavy atom. The summed E-state index contributed by atoms with van der Waals surface area (Å²) >= 11 is 6.13. The number of benzene rings is 1. The van der Waals surface area contributed by atoms with Crippen molar-refractivity contribution in [3.05, 3.63) is 64.9 Å². The second-order valence-electron chi connectivity index (χ2n) is 5.12. The number of halogens is 1. The standard InChI is InChI=1S/C18H19ClN2O3/c1-2-24-17(22)9-12-21(13-14-7-10-20-11-8-14)18(23)15-5-3-4-6-16(15)19/h3-8,10-11H,2,9,12-13H2,1H3. The van der Waals surface area contributed by atoms with Gasteiger partial charge in [0.05, 0.1) is 23.6 Å². The van der Waals surface area contributed by atoms with Gasteiger partial charge in [-0.25, -0.2) is 0 Å². The van der Waals surface area contributed by atoms with Crippen LogP contribution in [0.25, 0.3) is 0 Å². The van der Waals surface area contributed by atoms with Crippen molar-refractivity contribution in [3.8, 4) is 0 Å². The van der Waals surface area contributed by atoms with Crippen LogP contribution in [0.15, 0.2) is 48.8 Å². The van der Waals surface area contributed by atoms with Gasteiger partial charge in [0.15, 0.2) is 0 Å². The van der Waals surface area contributed by atoms with Gasteiger partial charge in [-0.15, -0.1) is 0 Å². The number of aromatic nitrogens is 1. The minimum Gasteiger partial charge on any atom is -0.466 e. The van der Waals surface area contributed by atoms with E-state index in [1.165, 1.54) is 0 Å². The predicted octanol–water partition coefficient (Wildman–Crippen LogP) is 3.33. The Labute approximate surface area is 146 Å². The summed E-state index contributed by atoms with van der Waals surface area (Å²) in [6.07, 6.45) is 3.47. The van der Waals surface area contributed by atoms with Crippen LogP contribution in [0.4, 0.5) is 0 Å². The molecule has 2 rings (SSSR count). The summed E-state index contributed by atoms with van der Waals surface area (Å²) in [6, 6.07) is 10.5. The van der Waals surface area contributed by atoms with E-state index in [1.54, 1.807) is 48.5 Å². The van der Waals surface area contributed by atoms with Gasteiger partial charge in [-0.05, 0) is 36.8 Å². The minimum atomic E-state index is -0.329. The molecule has 0 aliphatic rings. The van der Waals surface area contributed by atoms with Crippen molar-refractivity contribution >= 4 is 23.5 Å². The van der Waals surface area contributed by atoms with E-state index in [9.17, 15) is 9.59 Å². The molecule has 1 heterocycles. The first kappa shape index (κ1) is 17.9. The Balaban J connectivity index is 2.16. The highest BCUT2D eigenvalue weighted by molar-refractivity contribution is 6.33. The maximum atomic E-state index is 12.8. The number of pyridine rings is 1. The number of carbonyl (C=O) groups is 2. The molecule has 24 heavy (non-hydrogen) atoms. The summed E-state index contributed by atoms with van der Waals surface area (Å²) in [5.41, 5.74) is 1.34. The molecule has 0 radical (unpaired) electrons. The molecule has 0 saturated carbocycles. The van der Waals surface area contributed by atoms with E-state index < -0.39 is 0 Å². The smallest absolute Gasteiger partial charge is 0.307 e. The Bertz CT molecular complexity index is 692. The fraction of sp³-hybridized carbons (Fsp3) is 0.278. The molecule has 6 heteroatoms. The zero-order chi connectivity index (χ0) is 17.4. The minimum absolute atomic E-state index is 0.134. The normalized spacial score (nSPS) is 10.2. The van der Waals surface area contributed by atoms with Crippen LogP contribution in [0.2, 0.25) is 5.02 Å². The van der Waals surface area contributed by atoms with Crippen LogP contribution in [0.3, 0.4) is 0 Å². The SMILES string of the molecule is CCOC(=O)CCN(Cc1ccncc1)C(=O)c1ccccc1Cl. The molecule has 5 nitrogen and oxygen atoms in total. The first-order valence-corrected chi connectivity index (χ1v) is 8.08. The first-order chi connectivity index (χ1) is 11.6. The number of hydrogen-bond donors (Lipinski definition) is 0. The van der Waals surface area contributed by atoms with Gasteiger partial charge in [0.1, 0.15) is 0 Å². The largest absolute Gasteiger partial charge is 0.466 e. The lowest BCUT2D eigenvalue weighted by Gasteiger charge is -2.23. The summed E-state index contributed by atoms with van der Waals surface area (Å²) in [5, 5.41) is 0.387. The van der Waals surface area contributed by atoms with E-state index >= 15 is 0 Å². The summed E-state index contributed by atoms with van der Waals surface area (Å²) in [5.74, 6) is -0.550. The highest BCUT2D eigenvalue weighted by Gasteiger charge is 2.19. The molecule has 1 amide bonds. The van der Waals surface area contributed by atoms with E-state index in [2.05, 4.69) is 4.98 Å². The summed E-state index contributed by atoms with van der Waals surface area (Å²) in [4.78, 5) is 30.0. The van der Waals surface area contributed by atoms with Crippen molar-refractivity contribution in [2.75, 3.05) is 13.2 Å². The number of amides is 1. The molecule has 0 atom stereocenters. The maximum absolute atomic E-state index is 12.8. The number of hydrogen-bond acceptors (Lipinski definition) is 4. The van der Waals surface area contributed by atoms with E-state index in [-0.39, 0.29) is 24.8 Å². The number of ether oxygens (including phenoxy) is 1. The van der Waals surface area contributed by atoms with Crippen LogP contribution in [-0.4, -0.2) is 34.9 Å². The summed E-state index contributed by atoms with van der Waals surface area (Å²) in [7, 11) is 0. The van der Waals surface area contributed by atoms with E-state index in [4.69, 9.17) is 16.3 Å². The summed E-state index contributed by atoms with van der Waals surface area (Å²) < 4.78 is 4.94. The van der Waals surface area contributed by atoms with Gasteiger partial charge in [0.25, 0.3) is 5.91 Å². The van der Waals surface area contributed by atoms with Gasteiger partial charge in [0.2, 0.25) is 0 Å². The van der Waals surface area contributed by atoms with Crippen LogP contribution < -0.4 is 0 Å². The highest BCUT2D eigenvalue weighted by atomic mass is 35.5. The Kier molecular flexibility index (Phi) is 6.75. The monoisotopic (exact) mass is 346 g/mol. The molecule has 2 aromatic rings. The van der Waals surface area contributed by atoms with Crippen LogP contribution >= 0.6 is 11.6 Å². The van der Waals surface area contributed by atoms with Crippen LogP contribution in [-0.2, 0) is 16.1 Å². The highest BCUT2D eigenvalue weighted by Crippen LogP contribution is 2.18. The number of rotatable bonds is 7. The molecule has 0 spiro atoms. The lowest BCUT2D eigenvalue weighted by atomic mass is 10.1. The molecule has 0 N–H and O–H groups in total.